The summed E-state index contributed by atoms with van der Waals surface area (Å²) in [5, 5.41) is 10.7. The molecule has 0 heterocycles. The topological polar surface area (TPSA) is 29.5 Å². The van der Waals surface area contributed by atoms with Crippen LogP contribution >= 0.6 is 0 Å². The second-order valence-corrected chi connectivity index (χ2v) is 7.60. The van der Waals surface area contributed by atoms with Gasteiger partial charge in [-0.05, 0) is 46.9 Å². The van der Waals surface area contributed by atoms with Crippen LogP contribution in [0.3, 0.4) is 0 Å². The number of hydrogen-bond acceptors (Lipinski definition) is 2. The smallest absolute Gasteiger partial charge is 0.403 e. The van der Waals surface area contributed by atoms with Gasteiger partial charge >= 0.3 is 6.36 Å². The van der Waals surface area contributed by atoms with Crippen LogP contribution in [0.15, 0.2) is 12.1 Å². The van der Waals surface area contributed by atoms with Crippen LogP contribution in [0.5, 0.6) is 5.75 Å². The minimum atomic E-state index is -4.95. The number of rotatable bonds is 1. The number of alkyl halides is 3. The molecule has 0 spiro atoms. The van der Waals surface area contributed by atoms with E-state index in [2.05, 4.69) is 4.74 Å². The van der Waals surface area contributed by atoms with Crippen molar-refractivity contribution in [3.8, 4) is 5.75 Å². The number of benzene rings is 1. The molecule has 0 unspecified atom stereocenters. The van der Waals surface area contributed by atoms with Gasteiger partial charge in [0.1, 0.15) is 0 Å². The molecule has 0 bridgehead atoms. The van der Waals surface area contributed by atoms with Gasteiger partial charge in [-0.25, -0.2) is 4.39 Å². The first-order chi connectivity index (χ1) is 10.5. The zero-order chi connectivity index (χ0) is 17.2. The van der Waals surface area contributed by atoms with Crippen LogP contribution in [0.25, 0.3) is 0 Å². The Bertz CT molecular complexity index is 638. The molecule has 2 nitrogen and oxygen atoms in total. The summed E-state index contributed by atoms with van der Waals surface area (Å²) in [5.74, 6) is -2.08. The molecule has 2 aliphatic carbocycles. The van der Waals surface area contributed by atoms with Crippen LogP contribution < -0.4 is 4.74 Å². The fourth-order valence-corrected chi connectivity index (χ4v) is 4.85. The van der Waals surface area contributed by atoms with E-state index in [0.29, 0.717) is 11.1 Å². The standard InChI is InChI=1S/C17H20F4O2/c1-15(2)5-4-6-16(3)10-8-12(23-17(19,20)21)11(18)7-9(10)13(22)14(15)16/h7-8,13-14,22H,4-6H2,1-3H3/t13-,14-,16-/m0/s1. The van der Waals surface area contributed by atoms with Crippen molar-refractivity contribution < 1.29 is 27.4 Å². The van der Waals surface area contributed by atoms with Gasteiger partial charge in [-0.1, -0.05) is 27.2 Å². The molecule has 0 aliphatic heterocycles. The molecule has 0 radical (unpaired) electrons. The predicted molar refractivity (Wildman–Crippen MR) is 76.5 cm³/mol. The second kappa shape index (κ2) is 4.85. The number of fused-ring (bicyclic) bond motifs is 3. The molecular weight excluding hydrogens is 312 g/mol. The van der Waals surface area contributed by atoms with Gasteiger partial charge < -0.3 is 9.84 Å². The minimum absolute atomic E-state index is 0.153. The summed E-state index contributed by atoms with van der Waals surface area (Å²) >= 11 is 0. The van der Waals surface area contributed by atoms with Gasteiger partial charge in [-0.2, -0.15) is 0 Å². The summed E-state index contributed by atoms with van der Waals surface area (Å²) in [7, 11) is 0. The first-order valence-electron chi connectivity index (χ1n) is 7.73. The maximum Gasteiger partial charge on any atom is 0.573 e. The molecule has 3 rings (SSSR count). The average molecular weight is 332 g/mol. The molecule has 2 aliphatic rings. The monoisotopic (exact) mass is 332 g/mol. The van der Waals surface area contributed by atoms with Crippen LogP contribution in [0.2, 0.25) is 0 Å². The summed E-state index contributed by atoms with van der Waals surface area (Å²) < 4.78 is 55.2. The summed E-state index contributed by atoms with van der Waals surface area (Å²) in [5.41, 5.74) is 0.309. The molecule has 1 aromatic carbocycles. The van der Waals surface area contributed by atoms with Crippen molar-refractivity contribution in [2.24, 2.45) is 11.3 Å². The van der Waals surface area contributed by atoms with E-state index >= 15 is 0 Å². The SMILES string of the molecule is CC1(C)CCC[C@@]2(C)c3cc(OC(F)(F)F)c(F)cc3[C@H](O)[C@@H]12. The van der Waals surface area contributed by atoms with E-state index in [1.807, 2.05) is 20.8 Å². The first kappa shape index (κ1) is 16.6. The van der Waals surface area contributed by atoms with Crippen LogP contribution in [-0.4, -0.2) is 11.5 Å². The third-order valence-corrected chi connectivity index (χ3v) is 5.62. The largest absolute Gasteiger partial charge is 0.573 e. The Kier molecular flexibility index (Phi) is 3.49. The van der Waals surface area contributed by atoms with Gasteiger partial charge in [0.25, 0.3) is 0 Å². The fraction of sp³-hybridized carbons (Fsp3) is 0.647. The van der Waals surface area contributed by atoms with Crippen molar-refractivity contribution in [1.82, 2.24) is 0 Å². The average Bonchev–Trinajstić information content (AvgIpc) is 2.58. The van der Waals surface area contributed by atoms with Gasteiger partial charge in [0.2, 0.25) is 0 Å². The molecule has 0 saturated heterocycles. The molecule has 23 heavy (non-hydrogen) atoms. The molecule has 1 fully saturated rings. The van der Waals surface area contributed by atoms with Crippen molar-refractivity contribution in [3.05, 3.63) is 29.1 Å². The third kappa shape index (κ3) is 2.51. The van der Waals surface area contributed by atoms with Crippen molar-refractivity contribution in [3.63, 3.8) is 0 Å². The Labute approximate surface area is 132 Å². The molecule has 1 aromatic rings. The van der Waals surface area contributed by atoms with E-state index in [1.54, 1.807) is 0 Å². The normalized spacial score (nSPS) is 32.3. The lowest BCUT2D eigenvalue weighted by molar-refractivity contribution is -0.275. The maximum absolute atomic E-state index is 14.0. The number of ether oxygens (including phenoxy) is 1. The van der Waals surface area contributed by atoms with E-state index in [-0.39, 0.29) is 11.3 Å². The molecule has 0 aromatic heterocycles. The van der Waals surface area contributed by atoms with Crippen LogP contribution in [-0.2, 0) is 5.41 Å². The molecule has 128 valence electrons. The predicted octanol–water partition coefficient (Wildman–Crippen LogP) is 4.86. The number of hydrogen-bond donors (Lipinski definition) is 1. The van der Waals surface area contributed by atoms with Crippen molar-refractivity contribution in [2.45, 2.75) is 57.9 Å². The van der Waals surface area contributed by atoms with Gasteiger partial charge in [-0.15, -0.1) is 13.2 Å². The van der Waals surface area contributed by atoms with E-state index in [9.17, 15) is 22.7 Å². The lowest BCUT2D eigenvalue weighted by Gasteiger charge is -2.48. The van der Waals surface area contributed by atoms with Gasteiger partial charge in [-0.3, -0.25) is 0 Å². The minimum Gasteiger partial charge on any atom is -0.403 e. The highest BCUT2D eigenvalue weighted by Crippen LogP contribution is 2.62. The van der Waals surface area contributed by atoms with Crippen molar-refractivity contribution >= 4 is 0 Å². The van der Waals surface area contributed by atoms with Gasteiger partial charge in [0, 0.05) is 5.92 Å². The zero-order valence-electron chi connectivity index (χ0n) is 13.3. The zero-order valence-corrected chi connectivity index (χ0v) is 13.3. The number of halogens is 4. The fourth-order valence-electron chi connectivity index (χ4n) is 4.85. The molecule has 0 amide bonds. The summed E-state index contributed by atoms with van der Waals surface area (Å²) in [6.45, 7) is 6.05. The Morgan fingerprint density at radius 2 is 1.83 bits per heavy atom. The second-order valence-electron chi connectivity index (χ2n) is 7.60. The number of aliphatic hydroxyl groups is 1. The maximum atomic E-state index is 14.0. The summed E-state index contributed by atoms with van der Waals surface area (Å²) in [6, 6.07) is 2.13. The van der Waals surface area contributed by atoms with E-state index in [1.165, 1.54) is 0 Å². The van der Waals surface area contributed by atoms with Crippen LogP contribution in [0.1, 0.15) is 57.3 Å². The Morgan fingerprint density at radius 1 is 1.17 bits per heavy atom. The lowest BCUT2D eigenvalue weighted by atomic mass is 9.56. The summed E-state index contributed by atoms with van der Waals surface area (Å²) in [6.07, 6.45) is -3.23. The molecule has 6 heteroatoms. The van der Waals surface area contributed by atoms with Crippen LogP contribution in [0, 0.1) is 17.2 Å². The highest BCUT2D eigenvalue weighted by Gasteiger charge is 2.56. The van der Waals surface area contributed by atoms with Crippen molar-refractivity contribution in [2.75, 3.05) is 0 Å². The molecule has 3 atom stereocenters. The van der Waals surface area contributed by atoms with Gasteiger partial charge in [0.05, 0.1) is 6.10 Å². The lowest BCUT2D eigenvalue weighted by Crippen LogP contribution is -2.43. The molecule has 1 saturated carbocycles. The van der Waals surface area contributed by atoms with Crippen molar-refractivity contribution in [1.29, 1.82) is 0 Å². The molecular formula is C17H20F4O2. The first-order valence-corrected chi connectivity index (χ1v) is 7.73. The van der Waals surface area contributed by atoms with Gasteiger partial charge in [0.15, 0.2) is 11.6 Å². The van der Waals surface area contributed by atoms with Crippen LogP contribution in [0.4, 0.5) is 17.6 Å². The molecule has 1 N–H and O–H groups in total. The Morgan fingerprint density at radius 3 is 2.43 bits per heavy atom. The van der Waals surface area contributed by atoms with E-state index < -0.39 is 29.4 Å². The highest BCUT2D eigenvalue weighted by molar-refractivity contribution is 5.48. The number of aliphatic hydroxyl groups excluding tert-OH is 1. The van der Waals surface area contributed by atoms with E-state index in [0.717, 1.165) is 31.4 Å². The summed E-state index contributed by atoms with van der Waals surface area (Å²) in [4.78, 5) is 0. The Balaban J connectivity index is 2.12. The third-order valence-electron chi connectivity index (χ3n) is 5.62. The Hall–Kier alpha value is -1.30. The highest BCUT2D eigenvalue weighted by atomic mass is 19.4. The van der Waals surface area contributed by atoms with E-state index in [4.69, 9.17) is 0 Å². The quantitative estimate of drug-likeness (QED) is 0.745.